The van der Waals surface area contributed by atoms with Gasteiger partial charge in [0.25, 0.3) is 5.69 Å². The van der Waals surface area contributed by atoms with E-state index in [9.17, 15) is 19.7 Å². The molecule has 2 heterocycles. The molecule has 0 aliphatic carbocycles. The number of benzene rings is 3. The van der Waals surface area contributed by atoms with Gasteiger partial charge >= 0.3 is 0 Å². The van der Waals surface area contributed by atoms with Crippen molar-refractivity contribution in [1.29, 1.82) is 0 Å². The zero-order valence-electron chi connectivity index (χ0n) is 23.1. The number of nitro benzene ring substituents is 1. The number of carbonyl (C=O) groups is 2. The number of amides is 2. The van der Waals surface area contributed by atoms with Gasteiger partial charge in [0.05, 0.1) is 4.92 Å². The Balaban J connectivity index is 1.11. The number of nitrogens with zero attached hydrogens (tertiary/aromatic N) is 3. The van der Waals surface area contributed by atoms with Crippen molar-refractivity contribution in [3.8, 4) is 11.3 Å². The number of carbonyl (C=O) groups excluding carboxylic acids is 2. The summed E-state index contributed by atoms with van der Waals surface area (Å²) in [6, 6.07) is 25.5. The molecular weight excluding hydrogens is 532 g/mol. The van der Waals surface area contributed by atoms with E-state index in [4.69, 9.17) is 4.42 Å². The lowest BCUT2D eigenvalue weighted by Crippen LogP contribution is -2.48. The summed E-state index contributed by atoms with van der Waals surface area (Å²) in [4.78, 5) is 39.7. The SMILES string of the molecule is Cc1cc([N+](=O)[O-])ccc1-c1ccc(/C=C/C(=O)Nc2ccc(N3CCN(C(=O)/C=C/c4ccccc4)CC3)cc2)o1. The van der Waals surface area contributed by atoms with E-state index < -0.39 is 4.92 Å². The van der Waals surface area contributed by atoms with Gasteiger partial charge < -0.3 is 19.5 Å². The molecule has 3 aromatic carbocycles. The van der Waals surface area contributed by atoms with Crippen molar-refractivity contribution in [3.05, 3.63) is 124 Å². The van der Waals surface area contributed by atoms with E-state index in [-0.39, 0.29) is 17.5 Å². The number of anilines is 2. The van der Waals surface area contributed by atoms with Crippen molar-refractivity contribution in [2.45, 2.75) is 6.92 Å². The lowest BCUT2D eigenvalue weighted by Gasteiger charge is -2.35. The average Bonchev–Trinajstić information content (AvgIpc) is 3.48. The summed E-state index contributed by atoms with van der Waals surface area (Å²) < 4.78 is 5.82. The summed E-state index contributed by atoms with van der Waals surface area (Å²) in [6.45, 7) is 4.51. The van der Waals surface area contributed by atoms with Crippen LogP contribution in [0.2, 0.25) is 0 Å². The lowest BCUT2D eigenvalue weighted by molar-refractivity contribution is -0.384. The fraction of sp³-hybridized carbons (Fsp3) is 0.152. The fourth-order valence-electron chi connectivity index (χ4n) is 4.74. The maximum Gasteiger partial charge on any atom is 0.269 e. The summed E-state index contributed by atoms with van der Waals surface area (Å²) in [5.74, 6) is 0.757. The Bertz CT molecular complexity index is 1630. The summed E-state index contributed by atoms with van der Waals surface area (Å²) in [6.07, 6.45) is 6.43. The van der Waals surface area contributed by atoms with E-state index in [1.165, 1.54) is 18.2 Å². The lowest BCUT2D eigenvalue weighted by atomic mass is 10.1. The predicted octanol–water partition coefficient (Wildman–Crippen LogP) is 6.18. The van der Waals surface area contributed by atoms with Crippen LogP contribution in [0.3, 0.4) is 0 Å². The zero-order chi connectivity index (χ0) is 29.5. The molecular formula is C33H30N4O5. The molecule has 1 aliphatic heterocycles. The second kappa shape index (κ2) is 12.8. The van der Waals surface area contributed by atoms with Crippen LogP contribution >= 0.6 is 0 Å². The Kier molecular flexibility index (Phi) is 8.58. The number of furan rings is 1. The highest BCUT2D eigenvalue weighted by atomic mass is 16.6. The highest BCUT2D eigenvalue weighted by molar-refractivity contribution is 6.01. The average molecular weight is 563 g/mol. The standard InChI is InChI=1S/C33H30N4O5/c1-24-23-28(37(40)41)12-15-30(24)31-16-13-29(42-31)14-17-32(38)34-26-8-10-27(11-9-26)35-19-21-36(22-20-35)33(39)18-7-25-5-3-2-4-6-25/h2-18,23H,19-22H2,1H3,(H,34,38)/b17-14+,18-7+. The van der Waals surface area contributed by atoms with Crippen molar-refractivity contribution in [1.82, 2.24) is 4.90 Å². The summed E-state index contributed by atoms with van der Waals surface area (Å²) >= 11 is 0. The van der Waals surface area contributed by atoms with Gasteiger partial charge in [0.15, 0.2) is 0 Å². The smallest absolute Gasteiger partial charge is 0.269 e. The van der Waals surface area contributed by atoms with E-state index in [2.05, 4.69) is 10.2 Å². The number of nitrogens with one attached hydrogen (secondary N) is 1. The van der Waals surface area contributed by atoms with Gasteiger partial charge in [-0.25, -0.2) is 0 Å². The highest BCUT2D eigenvalue weighted by Crippen LogP contribution is 2.29. The van der Waals surface area contributed by atoms with Crippen molar-refractivity contribution >= 4 is 41.0 Å². The third-order valence-corrected chi connectivity index (χ3v) is 7.02. The number of aryl methyl sites for hydroxylation is 1. The molecule has 5 rings (SSSR count). The topological polar surface area (TPSA) is 109 Å². The van der Waals surface area contributed by atoms with Crippen molar-refractivity contribution in [2.24, 2.45) is 0 Å². The first kappa shape index (κ1) is 28.1. The van der Waals surface area contributed by atoms with Crippen molar-refractivity contribution in [3.63, 3.8) is 0 Å². The Hall–Kier alpha value is -5.44. The summed E-state index contributed by atoms with van der Waals surface area (Å²) in [5.41, 5.74) is 4.18. The molecule has 1 aliphatic rings. The number of hydrogen-bond acceptors (Lipinski definition) is 6. The Morgan fingerprint density at radius 1 is 0.881 bits per heavy atom. The molecule has 0 radical (unpaired) electrons. The summed E-state index contributed by atoms with van der Waals surface area (Å²) in [5, 5.41) is 13.8. The zero-order valence-corrected chi connectivity index (χ0v) is 23.1. The van der Waals surface area contributed by atoms with Gasteiger partial charge in [-0.2, -0.15) is 0 Å². The van der Waals surface area contributed by atoms with E-state index in [0.717, 1.165) is 35.5 Å². The van der Waals surface area contributed by atoms with Crippen molar-refractivity contribution < 1.29 is 18.9 Å². The molecule has 1 N–H and O–H groups in total. The van der Waals surface area contributed by atoms with Crippen LogP contribution < -0.4 is 10.2 Å². The van der Waals surface area contributed by atoms with Crippen LogP contribution in [-0.4, -0.2) is 47.8 Å². The molecule has 2 amide bonds. The highest BCUT2D eigenvalue weighted by Gasteiger charge is 2.20. The molecule has 0 unspecified atom stereocenters. The second-order valence-electron chi connectivity index (χ2n) is 9.88. The normalized spacial score (nSPS) is 13.5. The number of nitro groups is 1. The maximum atomic E-state index is 12.6. The van der Waals surface area contributed by atoms with Crippen LogP contribution in [0.1, 0.15) is 16.9 Å². The molecule has 9 heteroatoms. The maximum absolute atomic E-state index is 12.6. The molecule has 0 atom stereocenters. The minimum absolute atomic E-state index is 0.0110. The van der Waals surface area contributed by atoms with Crippen LogP contribution in [0.15, 0.2) is 101 Å². The van der Waals surface area contributed by atoms with Gasteiger partial charge in [-0.15, -0.1) is 0 Å². The van der Waals surface area contributed by atoms with Crippen LogP contribution in [0.4, 0.5) is 17.1 Å². The molecule has 1 aromatic heterocycles. The molecule has 1 saturated heterocycles. The number of rotatable bonds is 8. The largest absolute Gasteiger partial charge is 0.457 e. The molecule has 0 spiro atoms. The molecule has 9 nitrogen and oxygen atoms in total. The molecule has 0 bridgehead atoms. The van der Waals surface area contributed by atoms with Crippen molar-refractivity contribution in [2.75, 3.05) is 36.4 Å². The van der Waals surface area contributed by atoms with E-state index in [1.807, 2.05) is 65.6 Å². The van der Waals surface area contributed by atoms with Gasteiger partial charge in [-0.1, -0.05) is 30.3 Å². The number of hydrogen-bond donors (Lipinski definition) is 1. The Morgan fingerprint density at radius 3 is 2.31 bits per heavy atom. The van der Waals surface area contributed by atoms with Gasteiger partial charge in [-0.05, 0) is 72.7 Å². The Morgan fingerprint density at radius 2 is 1.62 bits per heavy atom. The minimum atomic E-state index is -0.434. The van der Waals surface area contributed by atoms with Crippen LogP contribution in [0, 0.1) is 17.0 Å². The van der Waals surface area contributed by atoms with Crippen LogP contribution in [0.5, 0.6) is 0 Å². The van der Waals surface area contributed by atoms with Crippen LogP contribution in [0.25, 0.3) is 23.5 Å². The van der Waals surface area contributed by atoms with E-state index in [1.54, 1.807) is 37.3 Å². The van der Waals surface area contributed by atoms with Crippen LogP contribution in [-0.2, 0) is 9.59 Å². The molecule has 42 heavy (non-hydrogen) atoms. The first-order valence-corrected chi connectivity index (χ1v) is 13.6. The molecule has 0 saturated carbocycles. The van der Waals surface area contributed by atoms with Gasteiger partial charge in [0.1, 0.15) is 11.5 Å². The van der Waals surface area contributed by atoms with Gasteiger partial charge in [0, 0.05) is 67.4 Å². The van der Waals surface area contributed by atoms with E-state index in [0.29, 0.717) is 30.3 Å². The quantitative estimate of drug-likeness (QED) is 0.156. The van der Waals surface area contributed by atoms with Gasteiger partial charge in [-0.3, -0.25) is 19.7 Å². The molecule has 4 aromatic rings. The Labute approximate surface area is 243 Å². The third-order valence-electron chi connectivity index (χ3n) is 7.02. The fourth-order valence-corrected chi connectivity index (χ4v) is 4.74. The van der Waals surface area contributed by atoms with Gasteiger partial charge in [0.2, 0.25) is 11.8 Å². The second-order valence-corrected chi connectivity index (χ2v) is 9.88. The number of non-ortho nitro benzene ring substituents is 1. The predicted molar refractivity (Wildman–Crippen MR) is 164 cm³/mol. The monoisotopic (exact) mass is 562 g/mol. The third kappa shape index (κ3) is 7.00. The first-order chi connectivity index (χ1) is 20.4. The number of piperazine rings is 1. The van der Waals surface area contributed by atoms with E-state index >= 15 is 0 Å². The molecule has 1 fully saturated rings. The molecule has 212 valence electrons. The summed E-state index contributed by atoms with van der Waals surface area (Å²) in [7, 11) is 0. The first-order valence-electron chi connectivity index (χ1n) is 13.6. The minimum Gasteiger partial charge on any atom is -0.457 e.